The number of anilines is 2. The molecule has 15 heteroatoms. The number of nitrogens with zero attached hydrogens (tertiary/aromatic N) is 1. The number of ether oxygens (including phenoxy) is 2. The highest BCUT2D eigenvalue weighted by Crippen LogP contribution is 2.27. The van der Waals surface area contributed by atoms with Crippen LogP contribution in [0.25, 0.3) is 11.0 Å². The number of aromatic amines is 2. The van der Waals surface area contributed by atoms with Crippen LogP contribution in [-0.4, -0.2) is 68.2 Å². The molecule has 4 aromatic rings. The van der Waals surface area contributed by atoms with Crippen LogP contribution in [0.15, 0.2) is 76.4 Å². The molecule has 0 spiro atoms. The van der Waals surface area contributed by atoms with Crippen molar-refractivity contribution in [3.63, 3.8) is 0 Å². The summed E-state index contributed by atoms with van der Waals surface area (Å²) in [5, 5.41) is 13.8. The van der Waals surface area contributed by atoms with E-state index < -0.39 is 28.2 Å². The number of aliphatic hydroxyl groups is 1. The summed E-state index contributed by atoms with van der Waals surface area (Å²) in [6, 6.07) is 16.2. The third kappa shape index (κ3) is 8.00. The second kappa shape index (κ2) is 12.6. The molecule has 11 nitrogen and oxygen atoms in total. The number of fused-ring (bicyclic) bond motifs is 1. The zero-order valence-electron chi connectivity index (χ0n) is 22.7. The number of piperidine rings is 1. The molecule has 230 valence electrons. The molecular weight excluding hydrogens is 591 g/mol. The molecule has 5 N–H and O–H groups in total. The SMILES string of the molecule is O=c1[nH]c2cccc(OC[C@@H](O)CNC3CCN(c4ccc(NS(=O)(=O)c5ccc(OC(F)(F)F)cc5)cc4)CC3)c2[nH]1. The fourth-order valence-electron chi connectivity index (χ4n) is 4.82. The van der Waals surface area contributed by atoms with Gasteiger partial charge in [-0.1, -0.05) is 6.07 Å². The van der Waals surface area contributed by atoms with Gasteiger partial charge < -0.3 is 34.8 Å². The second-order valence-corrected chi connectivity index (χ2v) is 11.7. The van der Waals surface area contributed by atoms with Crippen LogP contribution in [0.4, 0.5) is 24.5 Å². The zero-order valence-corrected chi connectivity index (χ0v) is 23.5. The molecule has 0 unspecified atom stereocenters. The monoisotopic (exact) mass is 621 g/mol. The summed E-state index contributed by atoms with van der Waals surface area (Å²) < 4.78 is 74.3. The summed E-state index contributed by atoms with van der Waals surface area (Å²) in [4.78, 5) is 18.9. The number of aliphatic hydroxyl groups excluding tert-OH is 1. The number of halogens is 3. The summed E-state index contributed by atoms with van der Waals surface area (Å²) >= 11 is 0. The maximum absolute atomic E-state index is 12.7. The van der Waals surface area contributed by atoms with Crippen molar-refractivity contribution in [2.45, 2.75) is 36.2 Å². The number of para-hydroxylation sites is 1. The van der Waals surface area contributed by atoms with E-state index in [2.05, 4.69) is 29.6 Å². The van der Waals surface area contributed by atoms with Gasteiger partial charge in [-0.25, -0.2) is 13.2 Å². The predicted octanol–water partition coefficient (Wildman–Crippen LogP) is 3.55. The average Bonchev–Trinajstić information content (AvgIpc) is 3.36. The minimum absolute atomic E-state index is 0.0616. The first-order valence-electron chi connectivity index (χ1n) is 13.4. The Morgan fingerprint density at radius 2 is 1.70 bits per heavy atom. The van der Waals surface area contributed by atoms with Gasteiger partial charge in [0.25, 0.3) is 10.0 Å². The number of hydrogen-bond donors (Lipinski definition) is 5. The molecule has 0 aliphatic carbocycles. The maximum Gasteiger partial charge on any atom is 0.573 e. The molecular formula is C28H30F3N5O6S. The molecule has 1 aliphatic heterocycles. The number of rotatable bonds is 11. The van der Waals surface area contributed by atoms with Gasteiger partial charge in [0.15, 0.2) is 0 Å². The Kier molecular flexibility index (Phi) is 8.84. The van der Waals surface area contributed by atoms with Crippen LogP contribution in [0.3, 0.4) is 0 Å². The van der Waals surface area contributed by atoms with Crippen molar-refractivity contribution in [3.8, 4) is 11.5 Å². The fraction of sp³-hybridized carbons (Fsp3) is 0.321. The van der Waals surface area contributed by atoms with Crippen LogP contribution < -0.4 is 30.1 Å². The quantitative estimate of drug-likeness (QED) is 0.171. The third-order valence-corrected chi connectivity index (χ3v) is 8.33. The Labute approximate surface area is 244 Å². The van der Waals surface area contributed by atoms with Gasteiger partial charge >= 0.3 is 12.1 Å². The van der Waals surface area contributed by atoms with Crippen LogP contribution in [0.5, 0.6) is 11.5 Å². The van der Waals surface area contributed by atoms with E-state index >= 15 is 0 Å². The van der Waals surface area contributed by atoms with Crippen LogP contribution >= 0.6 is 0 Å². The van der Waals surface area contributed by atoms with Crippen molar-refractivity contribution in [2.24, 2.45) is 0 Å². The molecule has 0 amide bonds. The number of alkyl halides is 3. The van der Waals surface area contributed by atoms with E-state index in [1.807, 2.05) is 0 Å². The lowest BCUT2D eigenvalue weighted by molar-refractivity contribution is -0.274. The van der Waals surface area contributed by atoms with Gasteiger partial charge in [-0.15, -0.1) is 13.2 Å². The first-order chi connectivity index (χ1) is 20.4. The lowest BCUT2D eigenvalue weighted by Crippen LogP contribution is -2.45. The van der Waals surface area contributed by atoms with Crippen molar-refractivity contribution < 1.29 is 36.2 Å². The van der Waals surface area contributed by atoms with E-state index in [-0.39, 0.29) is 23.2 Å². The van der Waals surface area contributed by atoms with Gasteiger partial charge in [0.05, 0.1) is 10.4 Å². The number of sulfonamides is 1. The van der Waals surface area contributed by atoms with Crippen LogP contribution in [0.2, 0.25) is 0 Å². The Morgan fingerprint density at radius 1 is 1.00 bits per heavy atom. The fourth-order valence-corrected chi connectivity index (χ4v) is 5.87. The smallest absolute Gasteiger partial charge is 0.489 e. The lowest BCUT2D eigenvalue weighted by Gasteiger charge is -2.34. The molecule has 0 bridgehead atoms. The van der Waals surface area contributed by atoms with Crippen molar-refractivity contribution in [1.29, 1.82) is 0 Å². The zero-order chi connectivity index (χ0) is 30.6. The van der Waals surface area contributed by atoms with Crippen molar-refractivity contribution in [1.82, 2.24) is 15.3 Å². The highest BCUT2D eigenvalue weighted by molar-refractivity contribution is 7.92. The topological polar surface area (TPSA) is 149 Å². The van der Waals surface area contributed by atoms with Crippen molar-refractivity contribution in [3.05, 3.63) is 77.2 Å². The summed E-state index contributed by atoms with van der Waals surface area (Å²) in [6.07, 6.45) is -3.95. The van der Waals surface area contributed by atoms with Crippen LogP contribution in [-0.2, 0) is 10.0 Å². The number of H-pyrrole nitrogens is 2. The molecule has 1 aliphatic rings. The predicted molar refractivity (Wildman–Crippen MR) is 154 cm³/mol. The molecule has 3 aromatic carbocycles. The first kappa shape index (κ1) is 30.3. The van der Waals surface area contributed by atoms with Gasteiger partial charge in [0.2, 0.25) is 0 Å². The summed E-state index contributed by atoms with van der Waals surface area (Å²) in [5.74, 6) is -0.0309. The van der Waals surface area contributed by atoms with E-state index in [1.165, 1.54) is 0 Å². The summed E-state index contributed by atoms with van der Waals surface area (Å²) in [6.45, 7) is 1.92. The third-order valence-electron chi connectivity index (χ3n) is 6.93. The molecule has 5 rings (SSSR count). The molecule has 1 fully saturated rings. The number of hydrogen-bond acceptors (Lipinski definition) is 8. The van der Waals surface area contributed by atoms with Crippen LogP contribution in [0.1, 0.15) is 12.8 Å². The van der Waals surface area contributed by atoms with Gasteiger partial charge in [0, 0.05) is 37.1 Å². The summed E-state index contributed by atoms with van der Waals surface area (Å²) in [7, 11) is -4.01. The minimum atomic E-state index is -4.87. The number of imidazole rings is 1. The lowest BCUT2D eigenvalue weighted by atomic mass is 10.0. The molecule has 1 aromatic heterocycles. The van der Waals surface area contributed by atoms with Gasteiger partial charge in [-0.3, -0.25) is 4.72 Å². The maximum atomic E-state index is 12.7. The second-order valence-electron chi connectivity index (χ2n) is 10.1. The van der Waals surface area contributed by atoms with Crippen LogP contribution in [0, 0.1) is 0 Å². The first-order valence-corrected chi connectivity index (χ1v) is 14.9. The van der Waals surface area contributed by atoms with Gasteiger partial charge in [-0.05, 0) is 73.5 Å². The largest absolute Gasteiger partial charge is 0.573 e. The molecule has 43 heavy (non-hydrogen) atoms. The van der Waals surface area contributed by atoms with Crippen molar-refractivity contribution >= 4 is 32.4 Å². The molecule has 1 atom stereocenters. The minimum Gasteiger partial charge on any atom is -0.489 e. The highest BCUT2D eigenvalue weighted by atomic mass is 32.2. The normalized spacial score (nSPS) is 15.4. The van der Waals surface area contributed by atoms with E-state index in [0.29, 0.717) is 29.0 Å². The van der Waals surface area contributed by atoms with Gasteiger partial charge in [-0.2, -0.15) is 0 Å². The Hall–Kier alpha value is -4.21. The highest BCUT2D eigenvalue weighted by Gasteiger charge is 2.31. The molecule has 2 heterocycles. The van der Waals surface area contributed by atoms with E-state index in [4.69, 9.17) is 4.74 Å². The standard InChI is InChI=1S/C28H30F3N5O6S/c29-28(30,31)42-22-8-10-23(11-9-22)43(39,40)35-19-4-6-20(7-5-19)36-14-12-18(13-15-36)32-16-21(37)17-41-25-3-1-2-24-26(25)34-27(38)33-24/h1-11,18,21,32,35,37H,12-17H2,(H2,33,34,38)/t21-/m0/s1. The number of aromatic nitrogens is 2. The number of nitrogens with one attached hydrogen (secondary N) is 4. The Bertz CT molecular complexity index is 1680. The molecule has 0 saturated carbocycles. The van der Waals surface area contributed by atoms with E-state index in [9.17, 15) is 31.5 Å². The Morgan fingerprint density at radius 3 is 2.37 bits per heavy atom. The number of benzene rings is 3. The Balaban J connectivity index is 1.06. The van der Waals surface area contributed by atoms with E-state index in [1.54, 1.807) is 42.5 Å². The molecule has 1 saturated heterocycles. The summed E-state index contributed by atoms with van der Waals surface area (Å²) in [5.41, 5.74) is 2.08. The van der Waals surface area contributed by atoms with E-state index in [0.717, 1.165) is 55.9 Å². The van der Waals surface area contributed by atoms with Crippen molar-refractivity contribution in [2.75, 3.05) is 35.9 Å². The molecule has 0 radical (unpaired) electrons. The van der Waals surface area contributed by atoms with Gasteiger partial charge in [0.1, 0.15) is 29.7 Å². The average molecular weight is 622 g/mol.